The smallest absolute Gasteiger partial charge is 0.219 e. The van der Waals surface area contributed by atoms with Crippen molar-refractivity contribution in [3.63, 3.8) is 0 Å². The van der Waals surface area contributed by atoms with E-state index in [2.05, 4.69) is 10.1 Å². The first-order valence-electron chi connectivity index (χ1n) is 6.16. The van der Waals surface area contributed by atoms with Gasteiger partial charge in [0.05, 0.1) is 11.1 Å². The van der Waals surface area contributed by atoms with E-state index >= 15 is 0 Å². The number of aromatic nitrogens is 4. The number of rotatable bonds is 4. The minimum atomic E-state index is -0.346. The van der Waals surface area contributed by atoms with Crippen LogP contribution in [-0.2, 0) is 11.8 Å². The summed E-state index contributed by atoms with van der Waals surface area (Å²) >= 11 is 6.19. The van der Waals surface area contributed by atoms with Crippen LogP contribution in [0.2, 0.25) is 0 Å². The number of carbonyl (C=O) groups is 1. The van der Waals surface area contributed by atoms with E-state index < -0.39 is 0 Å². The second kappa shape index (κ2) is 4.85. The van der Waals surface area contributed by atoms with Crippen molar-refractivity contribution < 1.29 is 4.79 Å². The third kappa shape index (κ3) is 2.32. The van der Waals surface area contributed by atoms with Gasteiger partial charge in [-0.1, -0.05) is 0 Å². The quantitative estimate of drug-likeness (QED) is 0.869. The Kier molecular flexibility index (Phi) is 3.54. The van der Waals surface area contributed by atoms with E-state index in [1.54, 1.807) is 4.68 Å². The summed E-state index contributed by atoms with van der Waals surface area (Å²) in [5.41, 5.74) is 7.82. The second-order valence-electron chi connectivity index (χ2n) is 4.86. The monoisotopic (exact) mass is 283 g/mol. The van der Waals surface area contributed by atoms with Crippen molar-refractivity contribution in [2.24, 2.45) is 12.8 Å². The summed E-state index contributed by atoms with van der Waals surface area (Å²) in [5, 5.41) is 4.10. The molecule has 2 rings (SSSR count). The number of halogens is 1. The zero-order valence-electron chi connectivity index (χ0n) is 11.5. The molecule has 0 aromatic carbocycles. The topological polar surface area (TPSA) is 78.7 Å². The van der Waals surface area contributed by atoms with E-state index in [4.69, 9.17) is 17.3 Å². The molecule has 2 aromatic rings. The fraction of sp³-hybridized carbons (Fsp3) is 0.583. The zero-order chi connectivity index (χ0) is 14.3. The molecular weight excluding hydrogens is 266 g/mol. The number of fused-ring (bicyclic) bond motifs is 1. The van der Waals surface area contributed by atoms with Crippen molar-refractivity contribution in [2.75, 3.05) is 0 Å². The number of carbonyl (C=O) groups excluding carboxylic acids is 1. The number of amides is 1. The van der Waals surface area contributed by atoms with E-state index in [1.807, 2.05) is 32.4 Å². The zero-order valence-corrected chi connectivity index (χ0v) is 12.3. The van der Waals surface area contributed by atoms with Crippen molar-refractivity contribution in [3.05, 3.63) is 11.5 Å². The minimum Gasteiger partial charge on any atom is -0.370 e. The van der Waals surface area contributed by atoms with Crippen LogP contribution in [-0.4, -0.2) is 25.2 Å². The second-order valence-corrected chi connectivity index (χ2v) is 5.51. The summed E-state index contributed by atoms with van der Waals surface area (Å²) in [6.07, 6.45) is 0.242. The Morgan fingerprint density at radius 2 is 2.11 bits per heavy atom. The summed E-state index contributed by atoms with van der Waals surface area (Å²) in [4.78, 5) is 15.7. The van der Waals surface area contributed by atoms with Crippen LogP contribution in [0, 0.1) is 6.92 Å². The molecule has 2 unspecified atom stereocenters. The maximum atomic E-state index is 11.1. The number of nitrogens with zero attached hydrogens (tertiary/aromatic N) is 4. The number of imidazole rings is 1. The van der Waals surface area contributed by atoms with E-state index in [9.17, 15) is 4.79 Å². The van der Waals surface area contributed by atoms with Crippen LogP contribution >= 0.6 is 11.6 Å². The number of nitrogens with two attached hydrogens (primary N) is 1. The lowest BCUT2D eigenvalue weighted by atomic mass is 10.2. The molecule has 104 valence electrons. The van der Waals surface area contributed by atoms with Gasteiger partial charge in [0.2, 0.25) is 5.91 Å². The van der Waals surface area contributed by atoms with Crippen LogP contribution in [0.1, 0.15) is 43.2 Å². The van der Waals surface area contributed by atoms with Crippen LogP contribution in [0.25, 0.3) is 11.2 Å². The Balaban J connectivity index is 2.67. The summed E-state index contributed by atoms with van der Waals surface area (Å²) < 4.78 is 3.72. The van der Waals surface area contributed by atoms with Gasteiger partial charge in [0.15, 0.2) is 5.65 Å². The minimum absolute atomic E-state index is 0.103. The molecule has 2 heterocycles. The number of aryl methyl sites for hydroxylation is 2. The van der Waals surface area contributed by atoms with E-state index in [-0.39, 0.29) is 23.7 Å². The van der Waals surface area contributed by atoms with Crippen molar-refractivity contribution in [3.8, 4) is 0 Å². The van der Waals surface area contributed by atoms with Crippen LogP contribution in [0.5, 0.6) is 0 Å². The Bertz CT molecular complexity index is 628. The first-order chi connectivity index (χ1) is 8.82. The number of alkyl halides is 1. The van der Waals surface area contributed by atoms with Gasteiger partial charge in [0.25, 0.3) is 0 Å². The van der Waals surface area contributed by atoms with Crippen LogP contribution in [0.4, 0.5) is 0 Å². The summed E-state index contributed by atoms with van der Waals surface area (Å²) in [6.45, 7) is 5.69. The molecule has 0 aliphatic carbocycles. The van der Waals surface area contributed by atoms with E-state index in [0.717, 1.165) is 22.7 Å². The van der Waals surface area contributed by atoms with Crippen molar-refractivity contribution in [1.29, 1.82) is 0 Å². The molecule has 6 nitrogen and oxygen atoms in total. The first kappa shape index (κ1) is 13.9. The van der Waals surface area contributed by atoms with Gasteiger partial charge in [0.1, 0.15) is 11.3 Å². The van der Waals surface area contributed by atoms with Crippen molar-refractivity contribution in [2.45, 2.75) is 38.6 Å². The highest BCUT2D eigenvalue weighted by atomic mass is 35.5. The third-order valence-corrected chi connectivity index (χ3v) is 3.35. The van der Waals surface area contributed by atoms with Gasteiger partial charge in [-0.05, 0) is 20.8 Å². The van der Waals surface area contributed by atoms with Gasteiger partial charge in [0, 0.05) is 19.5 Å². The van der Waals surface area contributed by atoms with Gasteiger partial charge in [-0.15, -0.1) is 11.6 Å². The van der Waals surface area contributed by atoms with Crippen LogP contribution in [0.3, 0.4) is 0 Å². The Morgan fingerprint density at radius 3 is 2.63 bits per heavy atom. The molecule has 2 N–H and O–H groups in total. The van der Waals surface area contributed by atoms with Crippen LogP contribution in [0.15, 0.2) is 0 Å². The Morgan fingerprint density at radius 1 is 1.47 bits per heavy atom. The first-order valence-corrected chi connectivity index (χ1v) is 6.60. The molecule has 0 radical (unpaired) electrons. The van der Waals surface area contributed by atoms with Crippen LogP contribution < -0.4 is 5.73 Å². The standard InChI is InChI=1S/C12H18ClN5O/c1-6(5-9(14)19)18-11(7(2)13)15-10-8(3)16-17(4)12(10)18/h6-7H,5H2,1-4H3,(H2,14,19). The van der Waals surface area contributed by atoms with Gasteiger partial charge in [-0.2, -0.15) is 5.10 Å². The predicted octanol–water partition coefficient (Wildman–Crippen LogP) is 1.81. The van der Waals surface area contributed by atoms with Gasteiger partial charge in [-0.3, -0.25) is 9.48 Å². The summed E-state index contributed by atoms with van der Waals surface area (Å²) in [5.74, 6) is 0.392. The molecule has 0 aliphatic rings. The SMILES string of the molecule is Cc1nn(C)c2c1nc(C(C)Cl)n2C(C)CC(N)=O. The van der Waals surface area contributed by atoms with Gasteiger partial charge >= 0.3 is 0 Å². The molecule has 0 saturated heterocycles. The molecular formula is C12H18ClN5O. The molecule has 19 heavy (non-hydrogen) atoms. The molecule has 7 heteroatoms. The molecule has 0 saturated carbocycles. The van der Waals surface area contributed by atoms with Crippen molar-refractivity contribution in [1.82, 2.24) is 19.3 Å². The summed E-state index contributed by atoms with van der Waals surface area (Å²) in [6, 6.07) is -0.103. The molecule has 2 atom stereocenters. The van der Waals surface area contributed by atoms with Gasteiger partial charge < -0.3 is 10.3 Å². The molecule has 0 spiro atoms. The maximum Gasteiger partial charge on any atom is 0.219 e. The fourth-order valence-electron chi connectivity index (χ4n) is 2.41. The molecule has 0 bridgehead atoms. The average Bonchev–Trinajstić information content (AvgIpc) is 2.77. The highest BCUT2D eigenvalue weighted by molar-refractivity contribution is 6.20. The summed E-state index contributed by atoms with van der Waals surface area (Å²) in [7, 11) is 1.85. The number of primary amides is 1. The third-order valence-electron chi connectivity index (χ3n) is 3.16. The van der Waals surface area contributed by atoms with E-state index in [0.29, 0.717) is 0 Å². The lowest BCUT2D eigenvalue weighted by Gasteiger charge is -2.17. The Hall–Kier alpha value is -1.56. The van der Waals surface area contributed by atoms with E-state index in [1.165, 1.54) is 0 Å². The number of hydrogen-bond donors (Lipinski definition) is 1. The molecule has 1 amide bonds. The van der Waals surface area contributed by atoms with Crippen molar-refractivity contribution >= 4 is 28.7 Å². The highest BCUT2D eigenvalue weighted by Gasteiger charge is 2.24. The lowest BCUT2D eigenvalue weighted by Crippen LogP contribution is -2.20. The molecule has 0 aliphatic heterocycles. The van der Waals surface area contributed by atoms with Gasteiger partial charge in [-0.25, -0.2) is 4.98 Å². The average molecular weight is 284 g/mol. The Labute approximate surface area is 116 Å². The lowest BCUT2D eigenvalue weighted by molar-refractivity contribution is -0.118. The maximum absolute atomic E-state index is 11.1. The normalized spacial score (nSPS) is 14.8. The highest BCUT2D eigenvalue weighted by Crippen LogP contribution is 2.30. The molecule has 0 fully saturated rings. The number of hydrogen-bond acceptors (Lipinski definition) is 3. The fourth-order valence-corrected chi connectivity index (χ4v) is 2.56. The molecule has 2 aromatic heterocycles. The largest absolute Gasteiger partial charge is 0.370 e. The predicted molar refractivity (Wildman–Crippen MR) is 74.0 cm³/mol.